The van der Waals surface area contributed by atoms with E-state index in [1.165, 1.54) is 0 Å². The van der Waals surface area contributed by atoms with Crippen molar-refractivity contribution in [3.05, 3.63) is 12.7 Å². The minimum absolute atomic E-state index is 0.153. The second-order valence-corrected chi connectivity index (χ2v) is 3.58. The predicted octanol–water partition coefficient (Wildman–Crippen LogP) is 1.10. The van der Waals surface area contributed by atoms with Crippen LogP contribution >= 0.6 is 0 Å². The third-order valence-electron chi connectivity index (χ3n) is 3.04. The third-order valence-corrected chi connectivity index (χ3v) is 3.04. The van der Waals surface area contributed by atoms with Crippen LogP contribution in [0.1, 0.15) is 19.3 Å². The number of aliphatic hydroxyl groups is 1. The molecule has 11 heavy (non-hydrogen) atoms. The van der Waals surface area contributed by atoms with Gasteiger partial charge in [-0.2, -0.15) is 0 Å². The van der Waals surface area contributed by atoms with Gasteiger partial charge in [0.25, 0.3) is 0 Å². The highest BCUT2D eigenvalue weighted by atomic mass is 16.5. The molecule has 0 aromatic rings. The van der Waals surface area contributed by atoms with Crippen LogP contribution < -0.4 is 0 Å². The molecule has 0 aromatic heterocycles. The van der Waals surface area contributed by atoms with E-state index in [9.17, 15) is 5.11 Å². The highest BCUT2D eigenvalue weighted by molar-refractivity contribution is 5.07. The minimum atomic E-state index is -0.244. The van der Waals surface area contributed by atoms with Crippen molar-refractivity contribution in [2.45, 2.75) is 31.0 Å². The molecular formula is C9H14O2. The quantitative estimate of drug-likeness (QED) is 0.603. The van der Waals surface area contributed by atoms with Gasteiger partial charge >= 0.3 is 0 Å². The standard InChI is InChI=1S/C9H14O2/c1-2-7-5-8-3-4-9(7,6-10)11-8/h2,7-8,10H,1,3-6H2/t7-,8-,9-/m0/s1. The van der Waals surface area contributed by atoms with Crippen molar-refractivity contribution in [1.82, 2.24) is 0 Å². The summed E-state index contributed by atoms with van der Waals surface area (Å²) in [5.41, 5.74) is -0.244. The lowest BCUT2D eigenvalue weighted by Gasteiger charge is -2.28. The number of fused-ring (bicyclic) bond motifs is 2. The van der Waals surface area contributed by atoms with Crippen molar-refractivity contribution in [2.75, 3.05) is 6.61 Å². The zero-order valence-electron chi connectivity index (χ0n) is 6.62. The van der Waals surface area contributed by atoms with Gasteiger partial charge in [-0.15, -0.1) is 6.58 Å². The SMILES string of the molecule is C=C[C@H]1C[C@@H]2CC[C@@]1(CO)O2. The van der Waals surface area contributed by atoms with Crippen LogP contribution in [0.15, 0.2) is 12.7 Å². The number of rotatable bonds is 2. The Kier molecular flexibility index (Phi) is 1.55. The second-order valence-electron chi connectivity index (χ2n) is 3.58. The van der Waals surface area contributed by atoms with E-state index in [1.54, 1.807) is 0 Å². The van der Waals surface area contributed by atoms with E-state index in [2.05, 4.69) is 6.58 Å². The van der Waals surface area contributed by atoms with Gasteiger partial charge in [0.05, 0.1) is 18.3 Å². The van der Waals surface area contributed by atoms with Crippen molar-refractivity contribution < 1.29 is 9.84 Å². The Morgan fingerprint density at radius 1 is 1.73 bits per heavy atom. The van der Waals surface area contributed by atoms with Gasteiger partial charge in [-0.25, -0.2) is 0 Å². The highest BCUT2D eigenvalue weighted by Crippen LogP contribution is 2.47. The molecule has 2 rings (SSSR count). The van der Waals surface area contributed by atoms with Gasteiger partial charge in [0, 0.05) is 5.92 Å². The highest BCUT2D eigenvalue weighted by Gasteiger charge is 2.51. The van der Waals surface area contributed by atoms with Gasteiger partial charge in [-0.1, -0.05) is 6.08 Å². The fourth-order valence-electron chi connectivity index (χ4n) is 2.34. The summed E-state index contributed by atoms with van der Waals surface area (Å²) in [6, 6.07) is 0. The Balaban J connectivity index is 2.21. The lowest BCUT2D eigenvalue weighted by atomic mass is 9.79. The first-order chi connectivity index (χ1) is 5.30. The molecule has 2 bridgehead atoms. The van der Waals surface area contributed by atoms with E-state index >= 15 is 0 Å². The van der Waals surface area contributed by atoms with E-state index in [-0.39, 0.29) is 12.2 Å². The monoisotopic (exact) mass is 154 g/mol. The summed E-state index contributed by atoms with van der Waals surface area (Å²) in [5.74, 6) is 0.381. The maximum Gasteiger partial charge on any atom is 0.0979 e. The maximum atomic E-state index is 9.17. The van der Waals surface area contributed by atoms with Crippen LogP contribution in [-0.2, 0) is 4.74 Å². The fraction of sp³-hybridized carbons (Fsp3) is 0.778. The summed E-state index contributed by atoms with van der Waals surface area (Å²) in [6.07, 6.45) is 5.50. The van der Waals surface area contributed by atoms with Gasteiger partial charge in [0.2, 0.25) is 0 Å². The van der Waals surface area contributed by atoms with Crippen LogP contribution in [0.2, 0.25) is 0 Å². The first-order valence-corrected chi connectivity index (χ1v) is 4.22. The molecule has 2 fully saturated rings. The van der Waals surface area contributed by atoms with Crippen LogP contribution in [0, 0.1) is 5.92 Å². The van der Waals surface area contributed by atoms with Crippen LogP contribution in [0.3, 0.4) is 0 Å². The molecule has 2 heteroatoms. The van der Waals surface area contributed by atoms with E-state index < -0.39 is 0 Å². The van der Waals surface area contributed by atoms with Crippen molar-refractivity contribution in [3.8, 4) is 0 Å². The molecule has 2 aliphatic rings. The molecule has 62 valence electrons. The number of ether oxygens (including phenoxy) is 1. The lowest BCUT2D eigenvalue weighted by molar-refractivity contribution is -0.0405. The predicted molar refractivity (Wildman–Crippen MR) is 42.2 cm³/mol. The maximum absolute atomic E-state index is 9.17. The molecule has 0 unspecified atom stereocenters. The van der Waals surface area contributed by atoms with Gasteiger partial charge in [-0.05, 0) is 19.3 Å². The molecular weight excluding hydrogens is 140 g/mol. The Morgan fingerprint density at radius 3 is 3.00 bits per heavy atom. The number of hydrogen-bond acceptors (Lipinski definition) is 2. The molecule has 0 aromatic carbocycles. The van der Waals surface area contributed by atoms with Crippen molar-refractivity contribution >= 4 is 0 Å². The van der Waals surface area contributed by atoms with E-state index in [4.69, 9.17) is 4.74 Å². The second kappa shape index (κ2) is 2.32. The average molecular weight is 154 g/mol. The Labute approximate surface area is 66.9 Å². The summed E-state index contributed by atoms with van der Waals surface area (Å²) < 4.78 is 5.69. The Bertz CT molecular complexity index is 178. The molecule has 0 aliphatic carbocycles. The Morgan fingerprint density at radius 2 is 2.55 bits per heavy atom. The van der Waals surface area contributed by atoms with Crippen LogP contribution in [-0.4, -0.2) is 23.4 Å². The topological polar surface area (TPSA) is 29.5 Å². The van der Waals surface area contributed by atoms with Crippen molar-refractivity contribution in [1.29, 1.82) is 0 Å². The van der Waals surface area contributed by atoms with Gasteiger partial charge < -0.3 is 9.84 Å². The molecule has 1 N–H and O–H groups in total. The molecule has 0 amide bonds. The van der Waals surface area contributed by atoms with Gasteiger partial charge in [0.15, 0.2) is 0 Å². The first-order valence-electron chi connectivity index (χ1n) is 4.22. The largest absolute Gasteiger partial charge is 0.393 e. The van der Waals surface area contributed by atoms with Crippen molar-refractivity contribution in [3.63, 3.8) is 0 Å². The molecule has 0 spiro atoms. The fourth-order valence-corrected chi connectivity index (χ4v) is 2.34. The first kappa shape index (κ1) is 7.32. The molecule has 0 saturated carbocycles. The normalized spacial score (nSPS) is 48.1. The van der Waals surface area contributed by atoms with Gasteiger partial charge in [0.1, 0.15) is 0 Å². The van der Waals surface area contributed by atoms with Crippen LogP contribution in [0.4, 0.5) is 0 Å². The third kappa shape index (κ3) is 0.861. The smallest absolute Gasteiger partial charge is 0.0979 e. The number of hydrogen-bond donors (Lipinski definition) is 1. The van der Waals surface area contributed by atoms with E-state index in [1.807, 2.05) is 6.08 Å². The van der Waals surface area contributed by atoms with Crippen LogP contribution in [0.25, 0.3) is 0 Å². The van der Waals surface area contributed by atoms with Crippen LogP contribution in [0.5, 0.6) is 0 Å². The summed E-state index contributed by atoms with van der Waals surface area (Å²) >= 11 is 0. The zero-order chi connectivity index (χ0) is 7.90. The molecule has 2 aliphatic heterocycles. The molecule has 2 heterocycles. The van der Waals surface area contributed by atoms with E-state index in [0.717, 1.165) is 19.3 Å². The average Bonchev–Trinajstić information content (AvgIpc) is 2.60. The van der Waals surface area contributed by atoms with Gasteiger partial charge in [-0.3, -0.25) is 0 Å². The van der Waals surface area contributed by atoms with E-state index in [0.29, 0.717) is 12.0 Å². The summed E-state index contributed by atoms with van der Waals surface area (Å²) in [5, 5.41) is 9.17. The molecule has 2 saturated heterocycles. The molecule has 3 atom stereocenters. The summed E-state index contributed by atoms with van der Waals surface area (Å²) in [6.45, 7) is 3.92. The lowest BCUT2D eigenvalue weighted by Crippen LogP contribution is -2.36. The summed E-state index contributed by atoms with van der Waals surface area (Å²) in [7, 11) is 0. The molecule has 2 nitrogen and oxygen atoms in total. The molecule has 0 radical (unpaired) electrons. The number of aliphatic hydroxyl groups excluding tert-OH is 1. The minimum Gasteiger partial charge on any atom is -0.393 e. The summed E-state index contributed by atoms with van der Waals surface area (Å²) in [4.78, 5) is 0. The zero-order valence-corrected chi connectivity index (χ0v) is 6.62. The van der Waals surface area contributed by atoms with Crippen molar-refractivity contribution in [2.24, 2.45) is 5.92 Å². The Hall–Kier alpha value is -0.340.